The smallest absolute Gasteiger partial charge is 0.304 e. The summed E-state index contributed by atoms with van der Waals surface area (Å²) in [7, 11) is 0. The lowest BCUT2D eigenvalue weighted by atomic mass is 10.1. The first-order valence-corrected chi connectivity index (χ1v) is 7.19. The largest absolute Gasteiger partial charge is 0.481 e. The molecule has 0 radical (unpaired) electrons. The molecular formula is C16H24N2O3. The van der Waals surface area contributed by atoms with Gasteiger partial charge in [-0.2, -0.15) is 0 Å². The summed E-state index contributed by atoms with van der Waals surface area (Å²) in [5, 5.41) is 11.7. The van der Waals surface area contributed by atoms with Gasteiger partial charge in [-0.1, -0.05) is 19.1 Å². The highest BCUT2D eigenvalue weighted by Crippen LogP contribution is 2.17. The summed E-state index contributed by atoms with van der Waals surface area (Å²) >= 11 is 0. The molecule has 0 saturated heterocycles. The van der Waals surface area contributed by atoms with Crippen LogP contribution in [-0.4, -0.2) is 41.0 Å². The van der Waals surface area contributed by atoms with Gasteiger partial charge in [-0.3, -0.25) is 14.5 Å². The van der Waals surface area contributed by atoms with E-state index in [0.717, 1.165) is 16.8 Å². The second kappa shape index (κ2) is 7.78. The van der Waals surface area contributed by atoms with Crippen LogP contribution in [0.3, 0.4) is 0 Å². The predicted molar refractivity (Wildman–Crippen MR) is 83.5 cm³/mol. The quantitative estimate of drug-likeness (QED) is 0.810. The molecule has 1 unspecified atom stereocenters. The summed E-state index contributed by atoms with van der Waals surface area (Å²) in [5.41, 5.74) is 2.90. The predicted octanol–water partition coefficient (Wildman–Crippen LogP) is 2.43. The van der Waals surface area contributed by atoms with Crippen molar-refractivity contribution in [2.75, 3.05) is 18.4 Å². The third kappa shape index (κ3) is 5.19. The summed E-state index contributed by atoms with van der Waals surface area (Å²) in [6.45, 7) is 8.64. The summed E-state index contributed by atoms with van der Waals surface area (Å²) in [6.07, 6.45) is 0.0366. The maximum Gasteiger partial charge on any atom is 0.304 e. The number of hydrogen-bond donors (Lipinski definition) is 2. The number of carboxylic acid groups (broad SMARTS) is 1. The number of hydrogen-bond acceptors (Lipinski definition) is 3. The molecule has 1 aromatic rings. The minimum atomic E-state index is -0.851. The number of anilines is 1. The van der Waals surface area contributed by atoms with Crippen LogP contribution in [0.5, 0.6) is 0 Å². The van der Waals surface area contributed by atoms with E-state index in [1.165, 1.54) is 0 Å². The van der Waals surface area contributed by atoms with Crippen molar-refractivity contribution in [3.8, 4) is 0 Å². The first kappa shape index (κ1) is 17.2. The SMILES string of the molecule is CCN(CCC(=O)O)C(C)C(=O)Nc1cc(C)ccc1C. The highest BCUT2D eigenvalue weighted by atomic mass is 16.4. The number of nitrogens with zero attached hydrogens (tertiary/aromatic N) is 1. The minimum absolute atomic E-state index is 0.0366. The van der Waals surface area contributed by atoms with Crippen LogP contribution in [0.2, 0.25) is 0 Å². The fourth-order valence-electron chi connectivity index (χ4n) is 2.14. The van der Waals surface area contributed by atoms with Crippen molar-refractivity contribution in [2.45, 2.75) is 40.2 Å². The van der Waals surface area contributed by atoms with Crippen molar-refractivity contribution in [3.05, 3.63) is 29.3 Å². The number of likely N-dealkylation sites (N-methyl/N-ethyl adjacent to an activating group) is 1. The number of aryl methyl sites for hydroxylation is 2. The van der Waals surface area contributed by atoms with Gasteiger partial charge in [0.2, 0.25) is 5.91 Å². The molecule has 0 fully saturated rings. The Bertz CT molecular complexity index is 514. The number of amides is 1. The summed E-state index contributed by atoms with van der Waals surface area (Å²) in [5.74, 6) is -0.966. The molecule has 0 heterocycles. The second-order valence-electron chi connectivity index (χ2n) is 5.26. The van der Waals surface area contributed by atoms with E-state index in [9.17, 15) is 9.59 Å². The number of benzene rings is 1. The van der Waals surface area contributed by atoms with Gasteiger partial charge in [0, 0.05) is 12.2 Å². The van der Waals surface area contributed by atoms with Crippen LogP contribution in [0, 0.1) is 13.8 Å². The Hall–Kier alpha value is -1.88. The molecule has 0 aliphatic rings. The fourth-order valence-corrected chi connectivity index (χ4v) is 2.14. The van der Waals surface area contributed by atoms with Crippen molar-refractivity contribution < 1.29 is 14.7 Å². The van der Waals surface area contributed by atoms with E-state index < -0.39 is 5.97 Å². The maximum atomic E-state index is 12.3. The van der Waals surface area contributed by atoms with Crippen LogP contribution in [0.15, 0.2) is 18.2 Å². The molecule has 1 rings (SSSR count). The summed E-state index contributed by atoms with van der Waals surface area (Å²) in [4.78, 5) is 24.8. The third-order valence-electron chi connectivity index (χ3n) is 3.60. The van der Waals surface area contributed by atoms with Gasteiger partial charge in [-0.05, 0) is 44.5 Å². The molecule has 5 nitrogen and oxygen atoms in total. The van der Waals surface area contributed by atoms with Gasteiger partial charge in [0.1, 0.15) is 0 Å². The van der Waals surface area contributed by atoms with Crippen molar-refractivity contribution >= 4 is 17.6 Å². The number of nitrogens with one attached hydrogen (secondary N) is 1. The average Bonchev–Trinajstić information content (AvgIpc) is 2.42. The van der Waals surface area contributed by atoms with E-state index in [0.29, 0.717) is 13.1 Å². The maximum absolute atomic E-state index is 12.3. The van der Waals surface area contributed by atoms with E-state index in [1.807, 2.05) is 43.9 Å². The lowest BCUT2D eigenvalue weighted by molar-refractivity contribution is -0.138. The zero-order chi connectivity index (χ0) is 16.0. The van der Waals surface area contributed by atoms with Gasteiger partial charge >= 0.3 is 5.97 Å². The zero-order valence-electron chi connectivity index (χ0n) is 13.1. The van der Waals surface area contributed by atoms with Crippen LogP contribution >= 0.6 is 0 Å². The molecule has 0 aliphatic carbocycles. The fraction of sp³-hybridized carbons (Fsp3) is 0.500. The Balaban J connectivity index is 2.72. The van der Waals surface area contributed by atoms with Gasteiger partial charge in [0.05, 0.1) is 12.5 Å². The van der Waals surface area contributed by atoms with Gasteiger partial charge < -0.3 is 10.4 Å². The minimum Gasteiger partial charge on any atom is -0.481 e. The lowest BCUT2D eigenvalue weighted by Gasteiger charge is -2.26. The van der Waals surface area contributed by atoms with Crippen LogP contribution in [0.4, 0.5) is 5.69 Å². The Kier molecular flexibility index (Phi) is 6.37. The Morgan fingerprint density at radius 3 is 2.57 bits per heavy atom. The van der Waals surface area contributed by atoms with Crippen LogP contribution in [0.25, 0.3) is 0 Å². The number of carbonyl (C=O) groups excluding carboxylic acids is 1. The van der Waals surface area contributed by atoms with Crippen LogP contribution < -0.4 is 5.32 Å². The molecule has 1 atom stereocenters. The number of rotatable bonds is 7. The lowest BCUT2D eigenvalue weighted by Crippen LogP contribution is -2.43. The van der Waals surface area contributed by atoms with Crippen molar-refractivity contribution in [2.24, 2.45) is 0 Å². The van der Waals surface area contributed by atoms with E-state index in [1.54, 1.807) is 6.92 Å². The van der Waals surface area contributed by atoms with Gasteiger partial charge in [-0.25, -0.2) is 0 Å². The highest BCUT2D eigenvalue weighted by molar-refractivity contribution is 5.95. The zero-order valence-corrected chi connectivity index (χ0v) is 13.1. The Labute approximate surface area is 126 Å². The molecule has 0 spiro atoms. The van der Waals surface area contributed by atoms with Crippen molar-refractivity contribution in [3.63, 3.8) is 0 Å². The van der Waals surface area contributed by atoms with E-state index in [2.05, 4.69) is 5.32 Å². The molecule has 116 valence electrons. The van der Waals surface area contributed by atoms with Crippen molar-refractivity contribution in [1.82, 2.24) is 4.90 Å². The normalized spacial score (nSPS) is 12.2. The third-order valence-corrected chi connectivity index (χ3v) is 3.60. The van der Waals surface area contributed by atoms with Crippen LogP contribution in [0.1, 0.15) is 31.4 Å². The molecule has 1 aromatic carbocycles. The number of carboxylic acids is 1. The Morgan fingerprint density at radius 1 is 1.33 bits per heavy atom. The van der Waals surface area contributed by atoms with Gasteiger partial charge in [-0.15, -0.1) is 0 Å². The average molecular weight is 292 g/mol. The molecule has 0 bridgehead atoms. The van der Waals surface area contributed by atoms with Gasteiger partial charge in [0.15, 0.2) is 0 Å². The summed E-state index contributed by atoms with van der Waals surface area (Å²) in [6, 6.07) is 5.54. The Morgan fingerprint density at radius 2 is 2.00 bits per heavy atom. The molecule has 5 heteroatoms. The van der Waals surface area contributed by atoms with Gasteiger partial charge in [0.25, 0.3) is 0 Å². The number of aliphatic carboxylic acids is 1. The second-order valence-corrected chi connectivity index (χ2v) is 5.26. The molecule has 0 saturated carbocycles. The molecule has 0 aliphatic heterocycles. The molecule has 1 amide bonds. The topological polar surface area (TPSA) is 69.6 Å². The number of carbonyl (C=O) groups is 2. The molecule has 21 heavy (non-hydrogen) atoms. The van der Waals surface area contributed by atoms with Crippen molar-refractivity contribution in [1.29, 1.82) is 0 Å². The van der Waals surface area contributed by atoms with E-state index in [4.69, 9.17) is 5.11 Å². The summed E-state index contributed by atoms with van der Waals surface area (Å²) < 4.78 is 0. The first-order chi connectivity index (χ1) is 9.85. The first-order valence-electron chi connectivity index (χ1n) is 7.19. The van der Waals surface area contributed by atoms with E-state index in [-0.39, 0.29) is 18.4 Å². The van der Waals surface area contributed by atoms with E-state index >= 15 is 0 Å². The monoisotopic (exact) mass is 292 g/mol. The van der Waals surface area contributed by atoms with Crippen LogP contribution in [-0.2, 0) is 9.59 Å². The molecule has 0 aromatic heterocycles. The standard InChI is InChI=1S/C16H24N2O3/c1-5-18(9-8-15(19)20)13(4)16(21)17-14-10-11(2)6-7-12(14)3/h6-7,10,13H,5,8-9H2,1-4H3,(H,17,21)(H,19,20). The highest BCUT2D eigenvalue weighted by Gasteiger charge is 2.21. The molecular weight excluding hydrogens is 268 g/mol. The molecule has 2 N–H and O–H groups in total.